The van der Waals surface area contributed by atoms with E-state index in [1.807, 2.05) is 0 Å². The fourth-order valence-corrected chi connectivity index (χ4v) is 0.754. The maximum absolute atomic E-state index is 12.6. The van der Waals surface area contributed by atoms with Crippen molar-refractivity contribution in [3.63, 3.8) is 0 Å². The molecule has 0 bridgehead atoms. The molecular weight excluding hydrogens is 300 g/mol. The molecular formula is C10H10BrFOZn. The summed E-state index contributed by atoms with van der Waals surface area (Å²) in [6, 6.07) is 6.91. The van der Waals surface area contributed by atoms with Gasteiger partial charge in [0.15, 0.2) is 0 Å². The molecule has 0 saturated heterocycles. The summed E-state index contributed by atoms with van der Waals surface area (Å²) in [5.41, 5.74) is 0. The summed E-state index contributed by atoms with van der Waals surface area (Å²) < 4.78 is 17.7. The first-order valence-corrected chi connectivity index (χ1v) is 11.0. The summed E-state index contributed by atoms with van der Waals surface area (Å²) in [6.07, 6.45) is 2.50. The van der Waals surface area contributed by atoms with E-state index in [9.17, 15) is 4.39 Å². The number of hydrogen-bond donors (Lipinski definition) is 0. The van der Waals surface area contributed by atoms with E-state index in [0.29, 0.717) is 12.4 Å². The number of benzene rings is 1. The van der Waals surface area contributed by atoms with Gasteiger partial charge >= 0.3 is 30.0 Å². The SMILES string of the molecule is C=CCCOc1[c-]ccc(F)c1.[Zn+][Br]. The topological polar surface area (TPSA) is 9.23 Å². The predicted octanol–water partition coefficient (Wildman–Crippen LogP) is 3.42. The van der Waals surface area contributed by atoms with Crippen LogP contribution < -0.4 is 4.74 Å². The molecule has 0 amide bonds. The van der Waals surface area contributed by atoms with Crippen molar-refractivity contribution in [1.82, 2.24) is 0 Å². The van der Waals surface area contributed by atoms with Gasteiger partial charge in [-0.1, -0.05) is 12.1 Å². The van der Waals surface area contributed by atoms with Gasteiger partial charge in [0.25, 0.3) is 0 Å². The van der Waals surface area contributed by atoms with E-state index in [2.05, 4.69) is 26.3 Å². The van der Waals surface area contributed by atoms with Gasteiger partial charge in [-0.25, -0.2) is 4.39 Å². The van der Waals surface area contributed by atoms with Gasteiger partial charge < -0.3 is 4.74 Å². The average Bonchev–Trinajstić information content (AvgIpc) is 2.21. The molecule has 0 saturated carbocycles. The third kappa shape index (κ3) is 6.28. The second-order valence-corrected chi connectivity index (χ2v) is 2.30. The van der Waals surface area contributed by atoms with Gasteiger partial charge in [-0.15, -0.1) is 18.7 Å². The van der Waals surface area contributed by atoms with Crippen LogP contribution in [0, 0.1) is 11.9 Å². The van der Waals surface area contributed by atoms with Crippen molar-refractivity contribution in [2.75, 3.05) is 6.61 Å². The maximum atomic E-state index is 12.6. The van der Waals surface area contributed by atoms with Crippen LogP contribution in [-0.2, 0) is 16.3 Å². The summed E-state index contributed by atoms with van der Waals surface area (Å²) in [7, 11) is 0. The minimum atomic E-state index is -0.303. The average molecular weight is 310 g/mol. The Bertz CT molecular complexity index is 268. The molecule has 1 rings (SSSR count). The zero-order valence-corrected chi connectivity index (χ0v) is 12.4. The molecule has 0 aromatic heterocycles. The third-order valence-corrected chi connectivity index (χ3v) is 1.32. The summed E-state index contributed by atoms with van der Waals surface area (Å²) >= 11 is 4.25. The Kier molecular flexibility index (Phi) is 9.21. The van der Waals surface area contributed by atoms with E-state index in [1.54, 1.807) is 6.08 Å². The van der Waals surface area contributed by atoms with E-state index in [-0.39, 0.29) is 5.82 Å². The first-order valence-electron chi connectivity index (χ1n) is 4.00. The van der Waals surface area contributed by atoms with Crippen LogP contribution in [0.25, 0.3) is 0 Å². The first-order chi connectivity index (χ1) is 6.83. The number of ether oxygens (including phenoxy) is 1. The van der Waals surface area contributed by atoms with Gasteiger partial charge in [0.05, 0.1) is 6.61 Å². The Morgan fingerprint density at radius 2 is 2.36 bits per heavy atom. The molecule has 0 fully saturated rings. The summed E-state index contributed by atoms with van der Waals surface area (Å²) in [5.74, 6) is 0.138. The molecule has 72 valence electrons. The van der Waals surface area contributed by atoms with Gasteiger partial charge in [-0.2, -0.15) is 6.07 Å². The van der Waals surface area contributed by atoms with Crippen molar-refractivity contribution >= 4 is 13.6 Å². The Morgan fingerprint density at radius 3 is 2.93 bits per heavy atom. The van der Waals surface area contributed by atoms with Gasteiger partial charge in [0.2, 0.25) is 0 Å². The zero-order chi connectivity index (χ0) is 10.8. The zero-order valence-electron chi connectivity index (χ0n) is 7.80. The molecule has 1 nitrogen and oxygen atoms in total. The Morgan fingerprint density at radius 1 is 1.64 bits per heavy atom. The van der Waals surface area contributed by atoms with Crippen molar-refractivity contribution in [2.45, 2.75) is 6.42 Å². The van der Waals surface area contributed by atoms with Crippen molar-refractivity contribution in [3.05, 3.63) is 42.7 Å². The van der Waals surface area contributed by atoms with E-state index < -0.39 is 0 Å². The van der Waals surface area contributed by atoms with Crippen molar-refractivity contribution in [1.29, 1.82) is 0 Å². The van der Waals surface area contributed by atoms with Crippen LogP contribution in [0.4, 0.5) is 4.39 Å². The Hall–Kier alpha value is -0.207. The molecule has 0 radical (unpaired) electrons. The molecule has 0 heterocycles. The second kappa shape index (κ2) is 9.35. The monoisotopic (exact) mass is 308 g/mol. The van der Waals surface area contributed by atoms with Crippen LogP contribution in [0.15, 0.2) is 30.9 Å². The van der Waals surface area contributed by atoms with Crippen LogP contribution in [0.5, 0.6) is 5.75 Å². The Balaban J connectivity index is 0.000000791. The predicted molar refractivity (Wildman–Crippen MR) is 54.5 cm³/mol. The number of halogens is 2. The van der Waals surface area contributed by atoms with E-state index in [4.69, 9.17) is 4.74 Å². The summed E-state index contributed by atoms with van der Waals surface area (Å²) in [6.45, 7) is 4.06. The molecule has 0 aliphatic rings. The normalized spacial score (nSPS) is 8.57. The first kappa shape index (κ1) is 13.8. The van der Waals surface area contributed by atoms with Crippen LogP contribution >= 0.6 is 13.6 Å². The van der Waals surface area contributed by atoms with Gasteiger partial charge in [-0.05, 0) is 6.42 Å². The minimum absolute atomic E-state index is 0.303. The number of hydrogen-bond acceptors (Lipinski definition) is 1. The van der Waals surface area contributed by atoms with Crippen LogP contribution in [0.2, 0.25) is 0 Å². The van der Waals surface area contributed by atoms with E-state index in [0.717, 1.165) is 6.42 Å². The summed E-state index contributed by atoms with van der Waals surface area (Å²) in [4.78, 5) is 0. The van der Waals surface area contributed by atoms with Gasteiger partial charge in [-0.3, -0.25) is 0 Å². The van der Waals surface area contributed by atoms with Crippen molar-refractivity contribution in [3.8, 4) is 5.75 Å². The van der Waals surface area contributed by atoms with Crippen molar-refractivity contribution in [2.24, 2.45) is 0 Å². The Labute approximate surface area is 100 Å². The molecule has 1 aromatic rings. The molecule has 0 aliphatic carbocycles. The number of rotatable bonds is 4. The molecule has 14 heavy (non-hydrogen) atoms. The van der Waals surface area contributed by atoms with Gasteiger partial charge in [0, 0.05) is 11.6 Å². The van der Waals surface area contributed by atoms with Crippen LogP contribution in [-0.4, -0.2) is 6.61 Å². The third-order valence-electron chi connectivity index (χ3n) is 1.32. The molecule has 0 aliphatic heterocycles. The molecule has 0 N–H and O–H groups in total. The molecule has 0 unspecified atom stereocenters. The molecule has 1 aromatic carbocycles. The molecule has 0 atom stereocenters. The fraction of sp³-hybridized carbons (Fsp3) is 0.200. The fourth-order valence-electron chi connectivity index (χ4n) is 0.754. The van der Waals surface area contributed by atoms with Crippen LogP contribution in [0.1, 0.15) is 6.42 Å². The molecule has 0 spiro atoms. The quantitative estimate of drug-likeness (QED) is 0.358. The van der Waals surface area contributed by atoms with E-state index in [1.165, 1.54) is 34.5 Å². The van der Waals surface area contributed by atoms with Gasteiger partial charge in [0.1, 0.15) is 0 Å². The summed E-state index contributed by atoms with van der Waals surface area (Å²) in [5, 5.41) is 0. The van der Waals surface area contributed by atoms with Crippen LogP contribution in [0.3, 0.4) is 0 Å². The standard InChI is InChI=1S/C10H10FO.BrH.Zn/c1-2-3-7-12-10-6-4-5-9(11)8-10;;/h2,4-5,8H,1,3,7H2;1H;/q-1;;+2/p-1. The van der Waals surface area contributed by atoms with E-state index >= 15 is 0 Å². The second-order valence-electron chi connectivity index (χ2n) is 2.30. The molecule has 4 heteroatoms. The van der Waals surface area contributed by atoms with Crippen molar-refractivity contribution < 1.29 is 25.5 Å².